The Labute approximate surface area is 93.0 Å². The van der Waals surface area contributed by atoms with E-state index >= 15 is 0 Å². The second-order valence-corrected chi connectivity index (χ2v) is 4.31. The second-order valence-electron chi connectivity index (χ2n) is 4.31. The maximum atomic E-state index is 5.70. The van der Waals surface area contributed by atoms with Crippen molar-refractivity contribution >= 4 is 0 Å². The van der Waals surface area contributed by atoms with Crippen LogP contribution < -0.4 is 11.3 Å². The predicted octanol–water partition coefficient (Wildman–Crippen LogP) is 2.13. The topological polar surface area (TPSA) is 47.3 Å². The molecule has 2 atom stereocenters. The Bertz CT molecular complexity index is 167. The van der Waals surface area contributed by atoms with Gasteiger partial charge in [-0.2, -0.15) is 0 Å². The van der Waals surface area contributed by atoms with Crippen molar-refractivity contribution in [2.24, 2.45) is 5.84 Å². The summed E-state index contributed by atoms with van der Waals surface area (Å²) < 4.78 is 5.70. The summed E-state index contributed by atoms with van der Waals surface area (Å²) in [5, 5.41) is 0. The van der Waals surface area contributed by atoms with Gasteiger partial charge in [0.2, 0.25) is 0 Å². The van der Waals surface area contributed by atoms with E-state index < -0.39 is 0 Å². The third-order valence-corrected chi connectivity index (χ3v) is 3.02. The Balaban J connectivity index is 2.16. The molecule has 0 aromatic carbocycles. The normalized spacial score (nSPS) is 23.7. The van der Waals surface area contributed by atoms with Crippen molar-refractivity contribution < 1.29 is 4.74 Å². The van der Waals surface area contributed by atoms with Gasteiger partial charge < -0.3 is 4.74 Å². The number of unbranched alkanes of at least 4 members (excludes halogenated alkanes) is 1. The molecule has 0 aromatic heterocycles. The van der Waals surface area contributed by atoms with E-state index in [1.165, 1.54) is 19.3 Å². The van der Waals surface area contributed by atoms with Crippen LogP contribution in [0.5, 0.6) is 0 Å². The van der Waals surface area contributed by atoms with E-state index in [1.54, 1.807) is 0 Å². The molecule has 1 fully saturated rings. The Morgan fingerprint density at radius 1 is 1.53 bits per heavy atom. The lowest BCUT2D eigenvalue weighted by Crippen LogP contribution is -2.39. The molecule has 2 unspecified atom stereocenters. The lowest BCUT2D eigenvalue weighted by molar-refractivity contribution is 0.00460. The van der Waals surface area contributed by atoms with Crippen LogP contribution in [0.3, 0.4) is 0 Å². The highest BCUT2D eigenvalue weighted by Crippen LogP contribution is 2.18. The van der Waals surface area contributed by atoms with E-state index in [0.29, 0.717) is 12.1 Å². The van der Waals surface area contributed by atoms with E-state index in [-0.39, 0.29) is 0 Å². The first-order valence-electron chi connectivity index (χ1n) is 6.05. The van der Waals surface area contributed by atoms with Crippen LogP contribution in [0.4, 0.5) is 0 Å². The third kappa shape index (κ3) is 5.30. The second kappa shape index (κ2) is 7.85. The molecule has 3 nitrogen and oxygen atoms in total. The van der Waals surface area contributed by atoms with Crippen LogP contribution in [0, 0.1) is 0 Å². The number of hydrogen-bond donors (Lipinski definition) is 2. The maximum Gasteiger partial charge on any atom is 0.0590 e. The van der Waals surface area contributed by atoms with Gasteiger partial charge in [0.1, 0.15) is 0 Å². The fourth-order valence-electron chi connectivity index (χ4n) is 2.09. The highest BCUT2D eigenvalue weighted by atomic mass is 16.5. The van der Waals surface area contributed by atoms with E-state index in [4.69, 9.17) is 10.6 Å². The molecule has 0 bridgehead atoms. The van der Waals surface area contributed by atoms with Gasteiger partial charge in [0, 0.05) is 12.6 Å². The van der Waals surface area contributed by atoms with Gasteiger partial charge in [0.05, 0.1) is 6.10 Å². The predicted molar refractivity (Wildman–Crippen MR) is 63.4 cm³/mol. The molecule has 1 rings (SSSR count). The first-order chi connectivity index (χ1) is 7.36. The number of ether oxygens (including phenoxy) is 1. The molecular formula is C12H24N2O. The molecule has 0 saturated carbocycles. The summed E-state index contributed by atoms with van der Waals surface area (Å²) in [6.07, 6.45) is 10.5. The fourth-order valence-corrected chi connectivity index (χ4v) is 2.09. The number of hydrazine groups is 1. The smallest absolute Gasteiger partial charge is 0.0590 e. The van der Waals surface area contributed by atoms with Crippen molar-refractivity contribution in [2.45, 2.75) is 57.1 Å². The van der Waals surface area contributed by atoms with Crippen LogP contribution in [0.25, 0.3) is 0 Å². The Hall–Kier alpha value is -0.380. The van der Waals surface area contributed by atoms with Crippen LogP contribution in [-0.2, 0) is 4.74 Å². The van der Waals surface area contributed by atoms with Gasteiger partial charge >= 0.3 is 0 Å². The molecule has 0 aromatic rings. The molecule has 3 N–H and O–H groups in total. The van der Waals surface area contributed by atoms with Crippen molar-refractivity contribution in [3.8, 4) is 0 Å². The van der Waals surface area contributed by atoms with Crippen LogP contribution in [-0.4, -0.2) is 18.8 Å². The molecule has 0 spiro atoms. The van der Waals surface area contributed by atoms with Crippen molar-refractivity contribution in [2.75, 3.05) is 6.61 Å². The third-order valence-electron chi connectivity index (χ3n) is 3.02. The molecule has 0 aliphatic carbocycles. The number of allylic oxidation sites excluding steroid dienone is 1. The standard InChI is InChI=1S/C12H24N2O/c1-2-3-4-7-11(14-13)10-12-8-5-6-9-15-12/h2,11-12,14H,1,3-10,13H2. The van der Waals surface area contributed by atoms with Crippen LogP contribution >= 0.6 is 0 Å². The molecule has 1 aliphatic heterocycles. The summed E-state index contributed by atoms with van der Waals surface area (Å²) in [7, 11) is 0. The highest BCUT2D eigenvalue weighted by Gasteiger charge is 2.18. The zero-order chi connectivity index (χ0) is 10.9. The number of hydrogen-bond acceptors (Lipinski definition) is 3. The van der Waals surface area contributed by atoms with Gasteiger partial charge in [0.15, 0.2) is 0 Å². The number of rotatable bonds is 7. The largest absolute Gasteiger partial charge is 0.378 e. The number of nitrogens with one attached hydrogen (secondary N) is 1. The van der Waals surface area contributed by atoms with Gasteiger partial charge in [-0.15, -0.1) is 6.58 Å². The Kier molecular flexibility index (Phi) is 6.64. The first kappa shape index (κ1) is 12.7. The summed E-state index contributed by atoms with van der Waals surface area (Å²) in [4.78, 5) is 0. The van der Waals surface area contributed by atoms with Gasteiger partial charge in [-0.25, -0.2) is 0 Å². The Morgan fingerprint density at radius 3 is 3.00 bits per heavy atom. The lowest BCUT2D eigenvalue weighted by atomic mass is 9.99. The number of nitrogens with two attached hydrogens (primary N) is 1. The minimum absolute atomic E-state index is 0.396. The van der Waals surface area contributed by atoms with Gasteiger partial charge in [-0.05, 0) is 44.9 Å². The zero-order valence-electron chi connectivity index (χ0n) is 9.58. The summed E-state index contributed by atoms with van der Waals surface area (Å²) in [6.45, 7) is 4.65. The van der Waals surface area contributed by atoms with Crippen molar-refractivity contribution in [1.82, 2.24) is 5.43 Å². The van der Waals surface area contributed by atoms with E-state index in [2.05, 4.69) is 12.0 Å². The van der Waals surface area contributed by atoms with E-state index in [1.807, 2.05) is 6.08 Å². The first-order valence-corrected chi connectivity index (χ1v) is 6.05. The average molecular weight is 212 g/mol. The maximum absolute atomic E-state index is 5.70. The molecule has 1 saturated heterocycles. The van der Waals surface area contributed by atoms with Crippen LogP contribution in [0.2, 0.25) is 0 Å². The molecular weight excluding hydrogens is 188 g/mol. The lowest BCUT2D eigenvalue weighted by Gasteiger charge is -2.26. The molecule has 1 aliphatic rings. The quantitative estimate of drug-likeness (QED) is 0.294. The molecule has 15 heavy (non-hydrogen) atoms. The molecule has 88 valence electrons. The van der Waals surface area contributed by atoms with Gasteiger partial charge in [-0.1, -0.05) is 6.08 Å². The minimum Gasteiger partial charge on any atom is -0.378 e. The van der Waals surface area contributed by atoms with E-state index in [9.17, 15) is 0 Å². The summed E-state index contributed by atoms with van der Waals surface area (Å²) >= 11 is 0. The molecule has 0 amide bonds. The highest BCUT2D eigenvalue weighted by molar-refractivity contribution is 4.74. The SMILES string of the molecule is C=CCCCC(CC1CCCCO1)NN. The summed E-state index contributed by atoms with van der Waals surface area (Å²) in [5.41, 5.74) is 2.89. The Morgan fingerprint density at radius 2 is 2.40 bits per heavy atom. The zero-order valence-corrected chi connectivity index (χ0v) is 9.58. The molecule has 1 heterocycles. The summed E-state index contributed by atoms with van der Waals surface area (Å²) in [5.74, 6) is 5.54. The fraction of sp³-hybridized carbons (Fsp3) is 0.833. The monoisotopic (exact) mass is 212 g/mol. The average Bonchev–Trinajstić information content (AvgIpc) is 2.29. The van der Waals surface area contributed by atoms with Crippen molar-refractivity contribution in [3.63, 3.8) is 0 Å². The van der Waals surface area contributed by atoms with Gasteiger partial charge in [-0.3, -0.25) is 11.3 Å². The van der Waals surface area contributed by atoms with Gasteiger partial charge in [0.25, 0.3) is 0 Å². The van der Waals surface area contributed by atoms with Crippen LogP contribution in [0.1, 0.15) is 44.9 Å². The summed E-state index contributed by atoms with van der Waals surface area (Å²) in [6, 6.07) is 0.396. The van der Waals surface area contributed by atoms with E-state index in [0.717, 1.165) is 32.3 Å². The molecule has 0 radical (unpaired) electrons. The minimum atomic E-state index is 0.396. The van der Waals surface area contributed by atoms with Crippen molar-refractivity contribution in [3.05, 3.63) is 12.7 Å². The van der Waals surface area contributed by atoms with Crippen molar-refractivity contribution in [1.29, 1.82) is 0 Å². The molecule has 3 heteroatoms. The van der Waals surface area contributed by atoms with Crippen LogP contribution in [0.15, 0.2) is 12.7 Å².